The standard InChI is InChI=1S/C39H40FN5O7Si/c1-25-36(53(2,3)40)34(22-35(47)42(18-19-46)23-26-10-5-4-6-11-26)52-39(25)31-21-29(45(50)51)16-17-33(31)43(38(39)49)24-27-12-9-13-28(20-27)44-37(48)30-14-7-8-15-32(30)41-44/h4-17,20-21,25,34,36,41,46H,18-19,22-24H2,1-3H3/t25-,34+,36-,39+/m0/s1. The van der Waals surface area contributed by atoms with Crippen LogP contribution in [0.5, 0.6) is 0 Å². The molecule has 4 aromatic carbocycles. The highest BCUT2D eigenvalue weighted by atomic mass is 28.4. The van der Waals surface area contributed by atoms with E-state index in [9.17, 15) is 29.6 Å². The van der Waals surface area contributed by atoms with Crippen LogP contribution in [-0.2, 0) is 33.0 Å². The van der Waals surface area contributed by atoms with Crippen molar-refractivity contribution in [3.8, 4) is 5.69 Å². The van der Waals surface area contributed by atoms with Crippen LogP contribution in [0.2, 0.25) is 18.6 Å². The number of anilines is 1. The van der Waals surface area contributed by atoms with E-state index in [0.29, 0.717) is 27.8 Å². The second-order valence-electron chi connectivity index (χ2n) is 14.3. The third-order valence-corrected chi connectivity index (χ3v) is 13.0. The van der Waals surface area contributed by atoms with Gasteiger partial charge in [-0.15, -0.1) is 0 Å². The van der Waals surface area contributed by atoms with E-state index < -0.39 is 42.4 Å². The smallest absolute Gasteiger partial charge is 0.279 e. The van der Waals surface area contributed by atoms with Crippen LogP contribution in [0.1, 0.15) is 30.0 Å². The van der Waals surface area contributed by atoms with Crippen molar-refractivity contribution in [2.24, 2.45) is 5.92 Å². The molecule has 1 spiro atoms. The molecule has 0 radical (unpaired) electrons. The molecule has 3 heterocycles. The van der Waals surface area contributed by atoms with Crippen molar-refractivity contribution in [2.75, 3.05) is 18.1 Å². The predicted octanol–water partition coefficient (Wildman–Crippen LogP) is 5.96. The highest BCUT2D eigenvalue weighted by Gasteiger charge is 2.67. The Hall–Kier alpha value is -5.44. The van der Waals surface area contributed by atoms with E-state index in [1.807, 2.05) is 42.5 Å². The van der Waals surface area contributed by atoms with Gasteiger partial charge in [0.2, 0.25) is 14.3 Å². The number of ether oxygens (including phenoxy) is 1. The van der Waals surface area contributed by atoms with E-state index in [0.717, 1.165) is 5.56 Å². The summed E-state index contributed by atoms with van der Waals surface area (Å²) in [5, 5.41) is 25.5. The zero-order chi connectivity index (χ0) is 37.7. The van der Waals surface area contributed by atoms with Crippen LogP contribution in [-0.4, -0.2) is 64.2 Å². The van der Waals surface area contributed by atoms with Gasteiger partial charge in [0.05, 0.1) is 52.9 Å². The fraction of sp³-hybridized carbons (Fsp3) is 0.308. The molecule has 5 aromatic rings. The molecule has 2 amide bonds. The van der Waals surface area contributed by atoms with Gasteiger partial charge in [-0.1, -0.05) is 61.5 Å². The van der Waals surface area contributed by atoms with Gasteiger partial charge in [0.1, 0.15) is 0 Å². The Morgan fingerprint density at radius 1 is 1.02 bits per heavy atom. The Balaban J connectivity index is 1.25. The van der Waals surface area contributed by atoms with Gasteiger partial charge in [0.15, 0.2) is 5.60 Å². The van der Waals surface area contributed by atoms with Gasteiger partial charge in [-0.3, -0.25) is 29.6 Å². The van der Waals surface area contributed by atoms with Gasteiger partial charge >= 0.3 is 0 Å². The molecular weight excluding hydrogens is 698 g/mol. The van der Waals surface area contributed by atoms with Crippen LogP contribution < -0.4 is 10.5 Å². The Bertz CT molecular complexity index is 2270. The number of halogens is 1. The quantitative estimate of drug-likeness (QED) is 0.0735. The minimum Gasteiger partial charge on any atom is -0.395 e. The molecule has 0 aliphatic carbocycles. The molecule has 12 nitrogen and oxygen atoms in total. The topological polar surface area (TPSA) is 151 Å². The molecule has 0 bridgehead atoms. The number of benzene rings is 4. The highest BCUT2D eigenvalue weighted by molar-refractivity contribution is 6.72. The summed E-state index contributed by atoms with van der Waals surface area (Å²) in [4.78, 5) is 56.5. The van der Waals surface area contributed by atoms with Crippen molar-refractivity contribution in [3.05, 3.63) is 134 Å². The Labute approximate surface area is 305 Å². The maximum absolute atomic E-state index is 16.5. The molecule has 2 N–H and O–H groups in total. The van der Waals surface area contributed by atoms with Crippen LogP contribution >= 0.6 is 0 Å². The van der Waals surface area contributed by atoms with E-state index in [2.05, 4.69) is 5.10 Å². The lowest BCUT2D eigenvalue weighted by Crippen LogP contribution is -2.45. The first-order valence-corrected chi connectivity index (χ1v) is 20.5. The van der Waals surface area contributed by atoms with Crippen LogP contribution in [0.25, 0.3) is 16.6 Å². The van der Waals surface area contributed by atoms with E-state index in [1.165, 1.54) is 45.8 Å². The molecule has 2 aliphatic rings. The summed E-state index contributed by atoms with van der Waals surface area (Å²) in [5.41, 5.74) is 0.256. The number of carbonyl (C=O) groups excluding carboxylic acids is 2. The van der Waals surface area contributed by atoms with Gasteiger partial charge < -0.3 is 23.8 Å². The Morgan fingerprint density at radius 2 is 1.74 bits per heavy atom. The summed E-state index contributed by atoms with van der Waals surface area (Å²) in [6, 6.07) is 27.7. The van der Waals surface area contributed by atoms with E-state index in [4.69, 9.17) is 4.74 Å². The second kappa shape index (κ2) is 13.8. The first-order valence-electron chi connectivity index (χ1n) is 17.5. The van der Waals surface area contributed by atoms with E-state index >= 15 is 4.11 Å². The summed E-state index contributed by atoms with van der Waals surface area (Å²) in [6.45, 7) is 4.78. The molecule has 1 aromatic heterocycles. The fourth-order valence-corrected chi connectivity index (χ4v) is 10.7. The van der Waals surface area contributed by atoms with Gasteiger partial charge in [-0.2, -0.15) is 0 Å². The number of carbonyl (C=O) groups is 2. The SMILES string of the molecule is C[C@H]1[C@H]([Si](C)(C)F)[C@@H](CC(=O)N(CCO)Cc2ccccc2)O[C@]12C(=O)N(Cc1cccc(-n3[nH]c4ccccc4c3=O)c1)c1ccc([N+](=O)[O-])cc12. The van der Waals surface area contributed by atoms with Crippen LogP contribution in [0.4, 0.5) is 15.5 Å². The monoisotopic (exact) mass is 737 g/mol. The largest absolute Gasteiger partial charge is 0.395 e. The van der Waals surface area contributed by atoms with Crippen LogP contribution in [0, 0.1) is 16.0 Å². The Kier molecular flexibility index (Phi) is 9.38. The van der Waals surface area contributed by atoms with E-state index in [-0.39, 0.29) is 55.4 Å². The minimum atomic E-state index is -3.67. The summed E-state index contributed by atoms with van der Waals surface area (Å²) < 4.78 is 24.6. The molecule has 274 valence electrons. The number of nitro groups is 1. The molecular formula is C39H40FN5O7Si. The number of nitrogens with one attached hydrogen (secondary N) is 1. The molecule has 0 saturated carbocycles. The molecule has 0 unspecified atom stereocenters. The first-order chi connectivity index (χ1) is 25.3. The summed E-state index contributed by atoms with van der Waals surface area (Å²) in [7, 11) is -3.67. The number of hydrogen-bond acceptors (Lipinski definition) is 7. The van der Waals surface area contributed by atoms with Gasteiger partial charge in [-0.05, 0) is 54.6 Å². The number of hydrogen-bond donors (Lipinski definition) is 2. The van der Waals surface area contributed by atoms with Crippen molar-refractivity contribution in [3.63, 3.8) is 0 Å². The van der Waals surface area contributed by atoms with Crippen LogP contribution in [0.3, 0.4) is 0 Å². The number of nitro benzene ring substituents is 1. The lowest BCUT2D eigenvalue weighted by molar-refractivity contribution is -0.385. The number of para-hydroxylation sites is 1. The van der Waals surface area contributed by atoms with Crippen molar-refractivity contribution in [2.45, 2.75) is 56.8 Å². The number of aliphatic hydroxyl groups is 1. The van der Waals surface area contributed by atoms with Gasteiger partial charge in [0.25, 0.3) is 17.2 Å². The molecule has 1 fully saturated rings. The molecule has 53 heavy (non-hydrogen) atoms. The molecule has 1 saturated heterocycles. The van der Waals surface area contributed by atoms with Crippen molar-refractivity contribution >= 4 is 42.5 Å². The number of aliphatic hydroxyl groups excluding tert-OH is 1. The highest BCUT2D eigenvalue weighted by Crippen LogP contribution is 2.60. The van der Waals surface area contributed by atoms with Crippen molar-refractivity contribution < 1.29 is 28.5 Å². The summed E-state index contributed by atoms with van der Waals surface area (Å²) in [6.07, 6.45) is -1.27. The zero-order valence-corrected chi connectivity index (χ0v) is 30.6. The zero-order valence-electron chi connectivity index (χ0n) is 29.6. The summed E-state index contributed by atoms with van der Waals surface area (Å²) in [5.74, 6) is -1.67. The normalized spacial score (nSPS) is 21.0. The number of aromatic nitrogens is 2. The maximum Gasteiger partial charge on any atom is 0.279 e. The lowest BCUT2D eigenvalue weighted by atomic mass is 9.82. The third kappa shape index (κ3) is 6.36. The predicted molar refractivity (Wildman–Crippen MR) is 200 cm³/mol. The average molecular weight is 738 g/mol. The van der Waals surface area contributed by atoms with Gasteiger partial charge in [-0.25, -0.2) is 4.68 Å². The summed E-state index contributed by atoms with van der Waals surface area (Å²) >= 11 is 0. The maximum atomic E-state index is 16.5. The first kappa shape index (κ1) is 35.9. The number of fused-ring (bicyclic) bond motifs is 3. The minimum absolute atomic E-state index is 0.0242. The molecule has 2 aliphatic heterocycles. The van der Waals surface area contributed by atoms with Crippen molar-refractivity contribution in [1.82, 2.24) is 14.7 Å². The Morgan fingerprint density at radius 3 is 2.43 bits per heavy atom. The number of H-pyrrole nitrogens is 1. The number of nitrogens with zero attached hydrogens (tertiary/aromatic N) is 4. The number of non-ortho nitro benzene ring substituents is 1. The molecule has 4 atom stereocenters. The molecule has 7 rings (SSSR count). The van der Waals surface area contributed by atoms with E-state index in [1.54, 1.807) is 43.3 Å². The number of aromatic amines is 1. The molecule has 14 heteroatoms. The average Bonchev–Trinajstić information content (AvgIpc) is 3.71. The number of rotatable bonds is 11. The lowest BCUT2D eigenvalue weighted by Gasteiger charge is -2.31. The fourth-order valence-electron chi connectivity index (χ4n) is 8.24. The second-order valence-corrected chi connectivity index (χ2v) is 18.1. The number of amides is 2. The third-order valence-electron chi connectivity index (χ3n) is 10.6. The van der Waals surface area contributed by atoms with Crippen molar-refractivity contribution in [1.29, 1.82) is 0 Å². The van der Waals surface area contributed by atoms with Gasteiger partial charge in [0, 0.05) is 42.2 Å². The van der Waals surface area contributed by atoms with Crippen LogP contribution in [0.15, 0.2) is 102 Å².